The Morgan fingerprint density at radius 1 is 1.31 bits per heavy atom. The molecule has 8 heteroatoms. The largest absolute Gasteiger partial charge is 0.463 e. The van der Waals surface area contributed by atoms with E-state index in [-0.39, 0.29) is 11.5 Å². The van der Waals surface area contributed by atoms with Gasteiger partial charge in [0.25, 0.3) is 5.56 Å². The molecule has 0 aliphatic heterocycles. The monoisotopic (exact) mass is 351 g/mol. The van der Waals surface area contributed by atoms with Crippen molar-refractivity contribution >= 4 is 22.5 Å². The Kier molecular flexibility index (Phi) is 4.00. The predicted octanol–water partition coefficient (Wildman–Crippen LogP) is 1.90. The molecule has 132 valence electrons. The predicted molar refractivity (Wildman–Crippen MR) is 94.6 cm³/mol. The lowest BCUT2D eigenvalue weighted by molar-refractivity contribution is -0.125. The number of aromatic nitrogens is 4. The van der Waals surface area contributed by atoms with E-state index in [4.69, 9.17) is 4.42 Å². The summed E-state index contributed by atoms with van der Waals surface area (Å²) in [6, 6.07) is 8.23. The Bertz CT molecular complexity index is 1130. The van der Waals surface area contributed by atoms with Crippen LogP contribution in [0.5, 0.6) is 0 Å². The molecule has 1 atom stereocenters. The maximum Gasteiger partial charge on any atom is 0.291 e. The molecule has 0 spiro atoms. The first-order valence-electron chi connectivity index (χ1n) is 8.32. The third kappa shape index (κ3) is 2.65. The molecule has 4 aromatic rings. The number of carbonyl (C=O) groups excluding carboxylic acids is 1. The highest BCUT2D eigenvalue weighted by molar-refractivity contribution is 5.82. The van der Waals surface area contributed by atoms with Gasteiger partial charge in [-0.25, -0.2) is 4.68 Å². The number of furan rings is 1. The summed E-state index contributed by atoms with van der Waals surface area (Å²) in [5.74, 6) is -0.271. The van der Waals surface area contributed by atoms with Gasteiger partial charge in [-0.1, -0.05) is 13.0 Å². The van der Waals surface area contributed by atoms with Crippen molar-refractivity contribution in [2.75, 3.05) is 0 Å². The molecule has 26 heavy (non-hydrogen) atoms. The van der Waals surface area contributed by atoms with Crippen LogP contribution in [-0.4, -0.2) is 25.1 Å². The Balaban J connectivity index is 1.64. The maximum atomic E-state index is 12.8. The molecule has 0 aliphatic rings. The van der Waals surface area contributed by atoms with Crippen LogP contribution in [0.2, 0.25) is 0 Å². The fraction of sp³-hybridized carbons (Fsp3) is 0.222. The summed E-state index contributed by atoms with van der Waals surface area (Å²) in [7, 11) is 0. The Morgan fingerprint density at radius 2 is 2.19 bits per heavy atom. The van der Waals surface area contributed by atoms with Gasteiger partial charge in [0.05, 0.1) is 24.0 Å². The number of nitrogens with one attached hydrogen (secondary N) is 1. The van der Waals surface area contributed by atoms with Gasteiger partial charge < -0.3 is 9.73 Å². The van der Waals surface area contributed by atoms with Crippen LogP contribution in [-0.2, 0) is 11.3 Å². The molecule has 0 saturated carbocycles. The Morgan fingerprint density at radius 3 is 2.96 bits per heavy atom. The highest BCUT2D eigenvalue weighted by Crippen LogP contribution is 2.19. The Hall–Kier alpha value is -3.42. The van der Waals surface area contributed by atoms with Crippen LogP contribution in [0.15, 0.2) is 58.3 Å². The molecular weight excluding hydrogens is 334 g/mol. The zero-order valence-corrected chi connectivity index (χ0v) is 14.1. The smallest absolute Gasteiger partial charge is 0.291 e. The van der Waals surface area contributed by atoms with E-state index in [0.29, 0.717) is 24.1 Å². The van der Waals surface area contributed by atoms with Gasteiger partial charge in [0, 0.05) is 18.3 Å². The molecule has 4 aromatic heterocycles. The fourth-order valence-corrected chi connectivity index (χ4v) is 3.00. The molecule has 0 bridgehead atoms. The molecule has 0 aromatic carbocycles. The Labute approximate surface area is 148 Å². The van der Waals surface area contributed by atoms with Gasteiger partial charge in [-0.15, -0.1) is 0 Å². The van der Waals surface area contributed by atoms with E-state index >= 15 is 0 Å². The SMILES string of the molecule is CCC(C(=O)NCc1ccccn1)n1ncn2c(cc3occc32)c1=O. The standard InChI is InChI=1S/C18H17N5O3/c1-2-13(17(24)20-10-12-5-3-4-7-19-12)23-18(25)15-9-16-14(6-8-26-16)22(15)11-21-23/h3-9,11,13H,2,10H2,1H3,(H,20,24). The normalized spacial score (nSPS) is 12.5. The van der Waals surface area contributed by atoms with Crippen molar-refractivity contribution in [3.63, 3.8) is 0 Å². The lowest BCUT2D eigenvalue weighted by atomic mass is 10.2. The summed E-state index contributed by atoms with van der Waals surface area (Å²) in [5, 5.41) is 7.02. The van der Waals surface area contributed by atoms with Crippen molar-refractivity contribution in [2.45, 2.75) is 25.9 Å². The van der Waals surface area contributed by atoms with Gasteiger partial charge in [-0.2, -0.15) is 5.10 Å². The van der Waals surface area contributed by atoms with Crippen molar-refractivity contribution in [1.82, 2.24) is 24.5 Å². The minimum Gasteiger partial charge on any atom is -0.463 e. The van der Waals surface area contributed by atoms with Gasteiger partial charge in [0.2, 0.25) is 5.91 Å². The topological polar surface area (TPSA) is 94.4 Å². The first kappa shape index (κ1) is 16.1. The average Bonchev–Trinajstić information content (AvgIpc) is 3.25. The van der Waals surface area contributed by atoms with Crippen LogP contribution in [0.1, 0.15) is 25.1 Å². The van der Waals surface area contributed by atoms with Gasteiger partial charge in [-0.05, 0) is 18.6 Å². The van der Waals surface area contributed by atoms with E-state index in [0.717, 1.165) is 11.2 Å². The minimum atomic E-state index is -0.697. The number of rotatable bonds is 5. The number of pyridine rings is 1. The van der Waals surface area contributed by atoms with Crippen LogP contribution < -0.4 is 10.9 Å². The minimum absolute atomic E-state index is 0.271. The second-order valence-corrected chi connectivity index (χ2v) is 5.91. The summed E-state index contributed by atoms with van der Waals surface area (Å²) in [6.45, 7) is 2.14. The van der Waals surface area contributed by atoms with Crippen LogP contribution in [0.4, 0.5) is 0 Å². The molecule has 1 amide bonds. The van der Waals surface area contributed by atoms with Crippen molar-refractivity contribution in [1.29, 1.82) is 0 Å². The van der Waals surface area contributed by atoms with E-state index in [1.807, 2.05) is 25.1 Å². The lowest BCUT2D eigenvalue weighted by Gasteiger charge is -2.16. The molecule has 1 unspecified atom stereocenters. The first-order chi connectivity index (χ1) is 12.7. The van der Waals surface area contributed by atoms with Crippen molar-refractivity contribution in [2.24, 2.45) is 0 Å². The van der Waals surface area contributed by atoms with Crippen LogP contribution >= 0.6 is 0 Å². The van der Waals surface area contributed by atoms with Gasteiger partial charge in [-0.3, -0.25) is 19.0 Å². The fourth-order valence-electron chi connectivity index (χ4n) is 3.00. The third-order valence-electron chi connectivity index (χ3n) is 4.33. The maximum absolute atomic E-state index is 12.8. The van der Waals surface area contributed by atoms with Crippen LogP contribution in [0.25, 0.3) is 16.6 Å². The van der Waals surface area contributed by atoms with E-state index < -0.39 is 6.04 Å². The number of hydrogen-bond acceptors (Lipinski definition) is 5. The van der Waals surface area contributed by atoms with Gasteiger partial charge in [0.1, 0.15) is 17.9 Å². The summed E-state index contributed by atoms with van der Waals surface area (Å²) >= 11 is 0. The second-order valence-electron chi connectivity index (χ2n) is 5.91. The van der Waals surface area contributed by atoms with Crippen molar-refractivity contribution in [3.8, 4) is 0 Å². The second kappa shape index (κ2) is 6.47. The van der Waals surface area contributed by atoms with E-state index in [1.165, 1.54) is 11.0 Å². The summed E-state index contributed by atoms with van der Waals surface area (Å²) in [5.41, 5.74) is 2.21. The van der Waals surface area contributed by atoms with E-state index in [1.54, 1.807) is 29.0 Å². The molecule has 0 saturated heterocycles. The molecule has 8 nitrogen and oxygen atoms in total. The van der Waals surface area contributed by atoms with Crippen LogP contribution in [0.3, 0.4) is 0 Å². The number of amides is 1. The van der Waals surface area contributed by atoms with Crippen LogP contribution in [0, 0.1) is 0 Å². The number of carbonyl (C=O) groups is 1. The van der Waals surface area contributed by atoms with Gasteiger partial charge in [0.15, 0.2) is 5.58 Å². The van der Waals surface area contributed by atoms with E-state index in [9.17, 15) is 9.59 Å². The molecule has 0 fully saturated rings. The number of hydrogen-bond donors (Lipinski definition) is 1. The highest BCUT2D eigenvalue weighted by atomic mass is 16.3. The zero-order chi connectivity index (χ0) is 18.1. The first-order valence-corrected chi connectivity index (χ1v) is 8.32. The quantitative estimate of drug-likeness (QED) is 0.593. The molecule has 4 heterocycles. The summed E-state index contributed by atoms with van der Waals surface area (Å²) < 4.78 is 8.22. The summed E-state index contributed by atoms with van der Waals surface area (Å²) in [6.07, 6.45) is 5.20. The highest BCUT2D eigenvalue weighted by Gasteiger charge is 2.22. The van der Waals surface area contributed by atoms with E-state index in [2.05, 4.69) is 15.4 Å². The molecule has 0 aliphatic carbocycles. The molecule has 0 radical (unpaired) electrons. The number of fused-ring (bicyclic) bond motifs is 3. The number of nitrogens with zero attached hydrogens (tertiary/aromatic N) is 4. The molecule has 4 rings (SSSR count). The van der Waals surface area contributed by atoms with Crippen molar-refractivity contribution in [3.05, 3.63) is 65.2 Å². The third-order valence-corrected chi connectivity index (χ3v) is 4.33. The van der Waals surface area contributed by atoms with Crippen molar-refractivity contribution < 1.29 is 9.21 Å². The summed E-state index contributed by atoms with van der Waals surface area (Å²) in [4.78, 5) is 29.6. The lowest BCUT2D eigenvalue weighted by Crippen LogP contribution is -2.38. The average molecular weight is 351 g/mol. The molecule has 1 N–H and O–H groups in total. The zero-order valence-electron chi connectivity index (χ0n) is 14.1. The van der Waals surface area contributed by atoms with Gasteiger partial charge >= 0.3 is 0 Å². The molecular formula is C18H17N5O3.